The molecule has 2 aromatic rings. The van der Waals surface area contributed by atoms with Crippen LogP contribution >= 0.6 is 0 Å². The van der Waals surface area contributed by atoms with Gasteiger partial charge in [0, 0.05) is 18.7 Å². The van der Waals surface area contributed by atoms with Crippen molar-refractivity contribution in [3.63, 3.8) is 0 Å². The summed E-state index contributed by atoms with van der Waals surface area (Å²) in [6.07, 6.45) is 1.78. The zero-order valence-electron chi connectivity index (χ0n) is 13.9. The highest BCUT2D eigenvalue weighted by Gasteiger charge is 2.42. The molecular formula is C17H17F2NO5S. The number of aryl methyl sites for hydroxylation is 1. The van der Waals surface area contributed by atoms with E-state index >= 15 is 0 Å². The highest BCUT2D eigenvalue weighted by Crippen LogP contribution is 2.39. The lowest BCUT2D eigenvalue weighted by atomic mass is 9.88. The third kappa shape index (κ3) is 4.00. The van der Waals surface area contributed by atoms with Crippen LogP contribution in [0.25, 0.3) is 0 Å². The fraction of sp³-hybridized carbons (Fsp3) is 0.353. The summed E-state index contributed by atoms with van der Waals surface area (Å²) in [7, 11) is -3.97. The van der Waals surface area contributed by atoms with E-state index in [1.165, 1.54) is 24.4 Å². The van der Waals surface area contributed by atoms with Gasteiger partial charge in [0.05, 0.1) is 18.1 Å². The Balaban J connectivity index is 1.78. The second kappa shape index (κ2) is 7.26. The number of hydrogen-bond acceptors (Lipinski definition) is 6. The van der Waals surface area contributed by atoms with Crippen molar-refractivity contribution >= 4 is 10.1 Å². The van der Waals surface area contributed by atoms with Crippen LogP contribution in [0.2, 0.25) is 0 Å². The molecule has 1 aromatic carbocycles. The van der Waals surface area contributed by atoms with Gasteiger partial charge < -0.3 is 9.47 Å². The first-order valence-electron chi connectivity index (χ1n) is 7.82. The van der Waals surface area contributed by atoms with Crippen LogP contribution in [0.15, 0.2) is 47.5 Å². The van der Waals surface area contributed by atoms with E-state index in [0.29, 0.717) is 18.6 Å². The SMILES string of the molecule is Cc1ccc(S(=O)(=O)OCC2(c3ccnc(OC(F)F)c3)CCO2)cc1. The van der Waals surface area contributed by atoms with Crippen LogP contribution in [0.3, 0.4) is 0 Å². The minimum atomic E-state index is -3.97. The molecule has 3 rings (SSSR count). The normalized spacial score (nSPS) is 20.0. The summed E-state index contributed by atoms with van der Waals surface area (Å²) >= 11 is 0. The first kappa shape index (κ1) is 18.7. The third-order valence-electron chi connectivity index (χ3n) is 4.11. The topological polar surface area (TPSA) is 74.7 Å². The first-order chi connectivity index (χ1) is 12.3. The molecule has 9 heteroatoms. The molecule has 0 spiro atoms. The number of nitrogens with zero attached hydrogens (tertiary/aromatic N) is 1. The van der Waals surface area contributed by atoms with Crippen LogP contribution in [-0.4, -0.2) is 33.2 Å². The smallest absolute Gasteiger partial charge is 0.388 e. The average molecular weight is 385 g/mol. The Labute approximate surface area is 149 Å². The predicted octanol–water partition coefficient (Wildman–Crippen LogP) is 3.01. The summed E-state index contributed by atoms with van der Waals surface area (Å²) in [6.45, 7) is -1.03. The van der Waals surface area contributed by atoms with Gasteiger partial charge in [0.15, 0.2) is 0 Å². The summed E-state index contributed by atoms with van der Waals surface area (Å²) < 4.78 is 64.5. The van der Waals surface area contributed by atoms with E-state index in [1.54, 1.807) is 18.2 Å². The Kier molecular flexibility index (Phi) is 5.22. The van der Waals surface area contributed by atoms with E-state index < -0.39 is 22.3 Å². The summed E-state index contributed by atoms with van der Waals surface area (Å²) in [4.78, 5) is 3.74. The van der Waals surface area contributed by atoms with Gasteiger partial charge in [-0.15, -0.1) is 0 Å². The first-order valence-corrected chi connectivity index (χ1v) is 9.23. The molecule has 1 aliphatic heterocycles. The standard InChI is InChI=1S/C17H17F2NO5S/c1-12-2-4-14(5-3-12)26(21,22)24-11-17(7-9-23-17)13-6-8-20-15(10-13)25-16(18)19/h2-6,8,10,16H,7,9,11H2,1H3. The van der Waals surface area contributed by atoms with Crippen LogP contribution in [0, 0.1) is 6.92 Å². The second-order valence-corrected chi connectivity index (χ2v) is 7.50. The number of halogens is 2. The van der Waals surface area contributed by atoms with Crippen molar-refractivity contribution in [1.82, 2.24) is 4.98 Å². The summed E-state index contributed by atoms with van der Waals surface area (Å²) in [5.74, 6) is -0.270. The van der Waals surface area contributed by atoms with Gasteiger partial charge >= 0.3 is 6.61 Å². The van der Waals surface area contributed by atoms with Crippen molar-refractivity contribution in [3.05, 3.63) is 53.7 Å². The molecule has 0 radical (unpaired) electrons. The molecule has 140 valence electrons. The van der Waals surface area contributed by atoms with Crippen LogP contribution < -0.4 is 4.74 Å². The number of rotatable bonds is 7. The second-order valence-electron chi connectivity index (χ2n) is 5.88. The zero-order chi connectivity index (χ0) is 18.8. The van der Waals surface area contributed by atoms with Crippen molar-refractivity contribution in [3.8, 4) is 5.88 Å². The fourth-order valence-corrected chi connectivity index (χ4v) is 3.52. The number of ether oxygens (including phenoxy) is 2. The average Bonchev–Trinajstić information content (AvgIpc) is 2.54. The molecule has 0 amide bonds. The van der Waals surface area contributed by atoms with Gasteiger partial charge in [-0.3, -0.25) is 4.18 Å². The molecule has 2 heterocycles. The molecule has 1 aliphatic rings. The maximum Gasteiger partial charge on any atom is 0.388 e. The van der Waals surface area contributed by atoms with Crippen LogP contribution in [-0.2, 0) is 24.6 Å². The molecule has 1 atom stereocenters. The molecule has 1 saturated heterocycles. The van der Waals surface area contributed by atoms with E-state index in [2.05, 4.69) is 9.72 Å². The van der Waals surface area contributed by atoms with Gasteiger partial charge in [0.2, 0.25) is 5.88 Å². The Morgan fingerprint density at radius 2 is 1.96 bits per heavy atom. The Bertz CT molecular complexity index is 867. The molecule has 0 bridgehead atoms. The van der Waals surface area contributed by atoms with Crippen molar-refractivity contribution in [2.75, 3.05) is 13.2 Å². The fourth-order valence-electron chi connectivity index (χ4n) is 2.57. The summed E-state index contributed by atoms with van der Waals surface area (Å²) in [6, 6.07) is 9.11. The number of pyridine rings is 1. The predicted molar refractivity (Wildman–Crippen MR) is 87.4 cm³/mol. The molecular weight excluding hydrogens is 368 g/mol. The van der Waals surface area contributed by atoms with Gasteiger partial charge in [0.25, 0.3) is 10.1 Å². The van der Waals surface area contributed by atoms with E-state index in [1.807, 2.05) is 6.92 Å². The number of aromatic nitrogens is 1. The molecule has 0 N–H and O–H groups in total. The lowest BCUT2D eigenvalue weighted by Gasteiger charge is -2.41. The maximum atomic E-state index is 12.4. The lowest BCUT2D eigenvalue weighted by molar-refractivity contribution is -0.172. The molecule has 26 heavy (non-hydrogen) atoms. The van der Waals surface area contributed by atoms with E-state index in [-0.39, 0.29) is 17.4 Å². The van der Waals surface area contributed by atoms with Gasteiger partial charge in [-0.2, -0.15) is 17.2 Å². The monoisotopic (exact) mass is 385 g/mol. The molecule has 1 fully saturated rings. The molecule has 6 nitrogen and oxygen atoms in total. The van der Waals surface area contributed by atoms with Crippen LogP contribution in [0.1, 0.15) is 17.5 Å². The van der Waals surface area contributed by atoms with Crippen molar-refractivity contribution in [2.45, 2.75) is 30.5 Å². The van der Waals surface area contributed by atoms with Gasteiger partial charge in [-0.1, -0.05) is 17.7 Å². The van der Waals surface area contributed by atoms with Crippen LogP contribution in [0.5, 0.6) is 5.88 Å². The van der Waals surface area contributed by atoms with E-state index in [0.717, 1.165) is 5.56 Å². The quantitative estimate of drug-likeness (QED) is 0.682. The highest BCUT2D eigenvalue weighted by atomic mass is 32.2. The zero-order valence-corrected chi connectivity index (χ0v) is 14.7. The van der Waals surface area contributed by atoms with Gasteiger partial charge in [0.1, 0.15) is 5.60 Å². The van der Waals surface area contributed by atoms with Crippen molar-refractivity contribution in [1.29, 1.82) is 0 Å². The molecule has 1 unspecified atom stereocenters. The third-order valence-corrected chi connectivity index (χ3v) is 5.39. The van der Waals surface area contributed by atoms with Crippen molar-refractivity contribution < 1.29 is 30.9 Å². The summed E-state index contributed by atoms with van der Waals surface area (Å²) in [5, 5.41) is 0. The molecule has 0 saturated carbocycles. The molecule has 1 aromatic heterocycles. The minimum absolute atomic E-state index is 0.0361. The van der Waals surface area contributed by atoms with E-state index in [4.69, 9.17) is 8.92 Å². The Morgan fingerprint density at radius 1 is 1.27 bits per heavy atom. The largest absolute Gasteiger partial charge is 0.417 e. The maximum absolute atomic E-state index is 12.4. The van der Waals surface area contributed by atoms with Crippen molar-refractivity contribution in [2.24, 2.45) is 0 Å². The van der Waals surface area contributed by atoms with Gasteiger partial charge in [-0.25, -0.2) is 4.98 Å². The Hall–Kier alpha value is -2.10. The van der Waals surface area contributed by atoms with E-state index in [9.17, 15) is 17.2 Å². The van der Waals surface area contributed by atoms with Gasteiger partial charge in [-0.05, 0) is 30.7 Å². The number of benzene rings is 1. The lowest BCUT2D eigenvalue weighted by Crippen LogP contribution is -2.45. The number of hydrogen-bond donors (Lipinski definition) is 0. The minimum Gasteiger partial charge on any atom is -0.417 e. The Morgan fingerprint density at radius 3 is 2.54 bits per heavy atom. The summed E-state index contributed by atoms with van der Waals surface area (Å²) in [5.41, 5.74) is 0.348. The highest BCUT2D eigenvalue weighted by molar-refractivity contribution is 7.86. The number of alkyl halides is 2. The molecule has 0 aliphatic carbocycles. The van der Waals surface area contributed by atoms with Crippen LogP contribution in [0.4, 0.5) is 8.78 Å².